The average molecular weight is 265 g/mol. The van der Waals surface area contributed by atoms with Crippen LogP contribution in [0.2, 0.25) is 0 Å². The molecule has 108 valence electrons. The lowest BCUT2D eigenvalue weighted by atomic mass is 9.76. The second-order valence-corrected chi connectivity index (χ2v) is 5.69. The van der Waals surface area contributed by atoms with Gasteiger partial charge >= 0.3 is 0 Å². The van der Waals surface area contributed by atoms with Crippen LogP contribution in [0, 0.1) is 11.8 Å². The van der Waals surface area contributed by atoms with Gasteiger partial charge in [0.2, 0.25) is 0 Å². The Morgan fingerprint density at radius 2 is 2.32 bits per heavy atom. The highest BCUT2D eigenvalue weighted by Gasteiger charge is 2.31. The molecule has 0 spiro atoms. The molecule has 0 aliphatic heterocycles. The summed E-state index contributed by atoms with van der Waals surface area (Å²) < 4.78 is 7.42. The van der Waals surface area contributed by atoms with Gasteiger partial charge in [0.1, 0.15) is 0 Å². The molecule has 1 aromatic heterocycles. The molecule has 0 amide bonds. The van der Waals surface area contributed by atoms with Crippen molar-refractivity contribution in [2.45, 2.75) is 45.1 Å². The zero-order valence-electron chi connectivity index (χ0n) is 12.6. The number of ether oxygens (including phenoxy) is 1. The van der Waals surface area contributed by atoms with E-state index in [9.17, 15) is 0 Å². The molecule has 1 fully saturated rings. The van der Waals surface area contributed by atoms with Crippen LogP contribution in [0.1, 0.15) is 50.8 Å². The van der Waals surface area contributed by atoms with Gasteiger partial charge in [0.15, 0.2) is 5.75 Å². The Bertz CT molecular complexity index is 402. The molecule has 3 unspecified atom stereocenters. The van der Waals surface area contributed by atoms with Gasteiger partial charge in [0, 0.05) is 7.05 Å². The van der Waals surface area contributed by atoms with Crippen molar-refractivity contribution in [3.63, 3.8) is 0 Å². The van der Waals surface area contributed by atoms with Crippen molar-refractivity contribution in [3.8, 4) is 5.75 Å². The van der Waals surface area contributed by atoms with Gasteiger partial charge < -0.3 is 10.1 Å². The summed E-state index contributed by atoms with van der Waals surface area (Å²) in [5.41, 5.74) is 1.19. The lowest BCUT2D eigenvalue weighted by Crippen LogP contribution is -2.31. The lowest BCUT2D eigenvalue weighted by Gasteiger charge is -2.34. The maximum Gasteiger partial charge on any atom is 0.161 e. The third-order valence-corrected chi connectivity index (χ3v) is 4.65. The molecule has 1 aliphatic rings. The molecule has 1 N–H and O–H groups in total. The van der Waals surface area contributed by atoms with Crippen LogP contribution in [0.4, 0.5) is 0 Å². The standard InChI is InChI=1S/C15H27N3O/c1-5-11-7-6-8-12(9-11)14(16-2)15-13(19-4)10-17-18(15)3/h10-12,14,16H,5-9H2,1-4H3. The van der Waals surface area contributed by atoms with Gasteiger partial charge in [-0.1, -0.05) is 26.2 Å². The molecular formula is C15H27N3O. The molecule has 4 heteroatoms. The number of nitrogens with zero attached hydrogens (tertiary/aromatic N) is 2. The van der Waals surface area contributed by atoms with Crippen LogP contribution in [0.25, 0.3) is 0 Å². The molecule has 1 heterocycles. The van der Waals surface area contributed by atoms with E-state index in [2.05, 4.69) is 17.3 Å². The van der Waals surface area contributed by atoms with E-state index >= 15 is 0 Å². The summed E-state index contributed by atoms with van der Waals surface area (Å²) in [6.45, 7) is 2.31. The largest absolute Gasteiger partial charge is 0.493 e. The number of aryl methyl sites for hydroxylation is 1. The van der Waals surface area contributed by atoms with E-state index in [0.29, 0.717) is 12.0 Å². The molecule has 1 saturated carbocycles. The van der Waals surface area contributed by atoms with Crippen LogP contribution < -0.4 is 10.1 Å². The molecule has 4 nitrogen and oxygen atoms in total. The first-order chi connectivity index (χ1) is 9.21. The minimum Gasteiger partial charge on any atom is -0.493 e. The zero-order chi connectivity index (χ0) is 13.8. The summed E-state index contributed by atoms with van der Waals surface area (Å²) in [5.74, 6) is 2.47. The van der Waals surface area contributed by atoms with Crippen LogP contribution in [-0.2, 0) is 7.05 Å². The normalized spacial score (nSPS) is 25.3. The monoisotopic (exact) mass is 265 g/mol. The predicted molar refractivity (Wildman–Crippen MR) is 77.3 cm³/mol. The first-order valence-electron chi connectivity index (χ1n) is 7.44. The van der Waals surface area contributed by atoms with Crippen molar-refractivity contribution >= 4 is 0 Å². The van der Waals surface area contributed by atoms with Gasteiger partial charge in [-0.2, -0.15) is 5.10 Å². The van der Waals surface area contributed by atoms with Crippen molar-refractivity contribution in [2.75, 3.05) is 14.2 Å². The number of hydrogen-bond acceptors (Lipinski definition) is 3. The summed E-state index contributed by atoms with van der Waals surface area (Å²) in [6, 6.07) is 0.344. The number of nitrogens with one attached hydrogen (secondary N) is 1. The highest BCUT2D eigenvalue weighted by molar-refractivity contribution is 5.28. The summed E-state index contributed by atoms with van der Waals surface area (Å²) in [5, 5.41) is 7.84. The number of methoxy groups -OCH3 is 1. The van der Waals surface area contributed by atoms with Gasteiger partial charge in [-0.3, -0.25) is 4.68 Å². The Labute approximate surface area is 116 Å². The Kier molecular flexibility index (Phi) is 4.86. The van der Waals surface area contributed by atoms with E-state index in [1.165, 1.54) is 37.8 Å². The molecule has 1 aliphatic carbocycles. The van der Waals surface area contributed by atoms with Gasteiger partial charge in [-0.05, 0) is 31.7 Å². The summed E-state index contributed by atoms with van der Waals surface area (Å²) in [6.07, 6.45) is 8.48. The number of hydrogen-bond donors (Lipinski definition) is 1. The molecular weight excluding hydrogens is 238 g/mol. The molecule has 2 rings (SSSR count). The van der Waals surface area contributed by atoms with Crippen LogP contribution in [-0.4, -0.2) is 23.9 Å². The Hall–Kier alpha value is -1.03. The molecule has 0 saturated heterocycles. The Morgan fingerprint density at radius 1 is 1.53 bits per heavy atom. The van der Waals surface area contributed by atoms with E-state index in [1.54, 1.807) is 7.11 Å². The molecule has 3 atom stereocenters. The highest BCUT2D eigenvalue weighted by Crippen LogP contribution is 2.40. The highest BCUT2D eigenvalue weighted by atomic mass is 16.5. The second kappa shape index (κ2) is 6.42. The van der Waals surface area contributed by atoms with E-state index < -0.39 is 0 Å². The van der Waals surface area contributed by atoms with Gasteiger partial charge in [0.25, 0.3) is 0 Å². The van der Waals surface area contributed by atoms with E-state index in [0.717, 1.165) is 11.7 Å². The lowest BCUT2D eigenvalue weighted by molar-refractivity contribution is 0.207. The predicted octanol–water partition coefficient (Wildman–Crippen LogP) is 2.91. The minimum absolute atomic E-state index is 0.344. The minimum atomic E-state index is 0.344. The van der Waals surface area contributed by atoms with Gasteiger partial charge in [0.05, 0.1) is 25.0 Å². The SMILES string of the molecule is CCC1CCCC(C(NC)c2c(OC)cnn2C)C1. The third-order valence-electron chi connectivity index (χ3n) is 4.65. The first kappa shape index (κ1) is 14.4. The van der Waals surface area contributed by atoms with Crippen molar-refractivity contribution < 1.29 is 4.74 Å². The smallest absolute Gasteiger partial charge is 0.161 e. The fourth-order valence-corrected chi connectivity index (χ4v) is 3.54. The Balaban J connectivity index is 2.21. The summed E-state index contributed by atoms with van der Waals surface area (Å²) in [4.78, 5) is 0. The van der Waals surface area contributed by atoms with E-state index in [4.69, 9.17) is 4.74 Å². The van der Waals surface area contributed by atoms with E-state index in [-0.39, 0.29) is 0 Å². The van der Waals surface area contributed by atoms with Crippen molar-refractivity contribution in [1.82, 2.24) is 15.1 Å². The molecule has 0 bridgehead atoms. The zero-order valence-corrected chi connectivity index (χ0v) is 12.6. The number of rotatable bonds is 5. The van der Waals surface area contributed by atoms with E-state index in [1.807, 2.05) is 25.0 Å². The topological polar surface area (TPSA) is 39.1 Å². The molecule has 1 aromatic rings. The second-order valence-electron chi connectivity index (χ2n) is 5.69. The van der Waals surface area contributed by atoms with Gasteiger partial charge in [-0.25, -0.2) is 0 Å². The van der Waals surface area contributed by atoms with Crippen LogP contribution in [0.3, 0.4) is 0 Å². The average Bonchev–Trinajstić information content (AvgIpc) is 2.82. The molecule has 19 heavy (non-hydrogen) atoms. The van der Waals surface area contributed by atoms with Crippen LogP contribution in [0.15, 0.2) is 6.20 Å². The maximum atomic E-state index is 5.47. The third kappa shape index (κ3) is 2.94. The van der Waals surface area contributed by atoms with Crippen molar-refractivity contribution in [1.29, 1.82) is 0 Å². The fourth-order valence-electron chi connectivity index (χ4n) is 3.54. The quantitative estimate of drug-likeness (QED) is 0.889. The maximum absolute atomic E-state index is 5.47. The Morgan fingerprint density at radius 3 is 2.95 bits per heavy atom. The molecule has 0 aromatic carbocycles. The van der Waals surface area contributed by atoms with Crippen molar-refractivity contribution in [2.24, 2.45) is 18.9 Å². The van der Waals surface area contributed by atoms with Crippen molar-refractivity contribution in [3.05, 3.63) is 11.9 Å². The van der Waals surface area contributed by atoms with Gasteiger partial charge in [-0.15, -0.1) is 0 Å². The first-order valence-corrected chi connectivity index (χ1v) is 7.44. The summed E-state index contributed by atoms with van der Waals surface area (Å²) in [7, 11) is 5.78. The number of aromatic nitrogens is 2. The van der Waals surface area contributed by atoms with Crippen LogP contribution in [0.5, 0.6) is 5.75 Å². The molecule has 0 radical (unpaired) electrons. The van der Waals surface area contributed by atoms with Crippen LogP contribution >= 0.6 is 0 Å². The fraction of sp³-hybridized carbons (Fsp3) is 0.800. The summed E-state index contributed by atoms with van der Waals surface area (Å²) >= 11 is 0.